The van der Waals surface area contributed by atoms with E-state index in [2.05, 4.69) is 19.2 Å². The standard InChI is InChI=1S/C17H26ClNO2/c1-17(2)10-4-3-5-16(17)19-11-14(20)12-21-15-8-6-13(18)7-9-15/h6-9,14,16,19-20H,3-5,10-12H2,1-2H3. The van der Waals surface area contributed by atoms with Gasteiger partial charge in [-0.25, -0.2) is 0 Å². The molecule has 2 atom stereocenters. The molecule has 3 nitrogen and oxygen atoms in total. The molecule has 0 amide bonds. The summed E-state index contributed by atoms with van der Waals surface area (Å²) in [5.41, 5.74) is 0.314. The maximum Gasteiger partial charge on any atom is 0.119 e. The Balaban J connectivity index is 1.72. The first-order valence-electron chi connectivity index (χ1n) is 7.77. The number of hydrogen-bond acceptors (Lipinski definition) is 3. The van der Waals surface area contributed by atoms with E-state index in [-0.39, 0.29) is 0 Å². The van der Waals surface area contributed by atoms with Gasteiger partial charge in [0.25, 0.3) is 0 Å². The molecule has 0 bridgehead atoms. The predicted octanol–water partition coefficient (Wildman–Crippen LogP) is 3.64. The molecule has 1 saturated carbocycles. The van der Waals surface area contributed by atoms with Gasteiger partial charge in [-0.15, -0.1) is 0 Å². The molecule has 0 spiro atoms. The molecular weight excluding hydrogens is 286 g/mol. The van der Waals surface area contributed by atoms with Gasteiger partial charge in [0.2, 0.25) is 0 Å². The number of ether oxygens (including phenoxy) is 1. The Labute approximate surface area is 132 Å². The third-order valence-corrected chi connectivity index (χ3v) is 4.62. The molecule has 2 rings (SSSR count). The molecule has 1 aromatic rings. The second-order valence-corrected chi connectivity index (χ2v) is 7.05. The minimum atomic E-state index is -0.501. The van der Waals surface area contributed by atoms with Crippen molar-refractivity contribution < 1.29 is 9.84 Å². The highest BCUT2D eigenvalue weighted by Crippen LogP contribution is 2.35. The van der Waals surface area contributed by atoms with Gasteiger partial charge in [-0.2, -0.15) is 0 Å². The Morgan fingerprint density at radius 3 is 2.71 bits per heavy atom. The maximum absolute atomic E-state index is 10.1. The molecule has 0 heterocycles. The van der Waals surface area contributed by atoms with Crippen LogP contribution in [0.2, 0.25) is 5.02 Å². The van der Waals surface area contributed by atoms with Crippen LogP contribution in [0.5, 0.6) is 5.75 Å². The quantitative estimate of drug-likeness (QED) is 0.843. The first-order valence-corrected chi connectivity index (χ1v) is 8.15. The van der Waals surface area contributed by atoms with E-state index >= 15 is 0 Å². The van der Waals surface area contributed by atoms with Crippen LogP contribution in [0.15, 0.2) is 24.3 Å². The molecule has 0 radical (unpaired) electrons. The van der Waals surface area contributed by atoms with Crippen LogP contribution in [0.3, 0.4) is 0 Å². The molecule has 1 aliphatic carbocycles. The van der Waals surface area contributed by atoms with Crippen molar-refractivity contribution in [3.63, 3.8) is 0 Å². The molecule has 2 unspecified atom stereocenters. The summed E-state index contributed by atoms with van der Waals surface area (Å²) in [5.74, 6) is 0.733. The summed E-state index contributed by atoms with van der Waals surface area (Å²) in [4.78, 5) is 0. The fourth-order valence-electron chi connectivity index (χ4n) is 2.93. The van der Waals surface area contributed by atoms with Gasteiger partial charge < -0.3 is 15.2 Å². The van der Waals surface area contributed by atoms with E-state index in [4.69, 9.17) is 16.3 Å². The molecular formula is C17H26ClNO2. The van der Waals surface area contributed by atoms with Crippen molar-refractivity contribution in [2.75, 3.05) is 13.2 Å². The summed E-state index contributed by atoms with van der Waals surface area (Å²) in [6.07, 6.45) is 4.53. The van der Waals surface area contributed by atoms with Crippen molar-refractivity contribution in [1.29, 1.82) is 0 Å². The Kier molecular flexibility index (Phi) is 5.91. The van der Waals surface area contributed by atoms with E-state index in [1.54, 1.807) is 12.1 Å². The van der Waals surface area contributed by atoms with Gasteiger partial charge in [0.15, 0.2) is 0 Å². The first-order chi connectivity index (χ1) is 9.97. The highest BCUT2D eigenvalue weighted by Gasteiger charge is 2.31. The minimum Gasteiger partial charge on any atom is -0.491 e. The second kappa shape index (κ2) is 7.48. The average molecular weight is 312 g/mol. The van der Waals surface area contributed by atoms with Gasteiger partial charge in [0, 0.05) is 17.6 Å². The summed E-state index contributed by atoms with van der Waals surface area (Å²) in [6.45, 7) is 5.48. The zero-order chi connectivity index (χ0) is 15.3. The van der Waals surface area contributed by atoms with E-state index in [1.807, 2.05) is 12.1 Å². The van der Waals surface area contributed by atoms with Crippen LogP contribution >= 0.6 is 11.6 Å². The summed E-state index contributed by atoms with van der Waals surface area (Å²) >= 11 is 5.82. The van der Waals surface area contributed by atoms with Crippen LogP contribution in [-0.4, -0.2) is 30.4 Å². The number of halogens is 1. The highest BCUT2D eigenvalue weighted by molar-refractivity contribution is 6.30. The van der Waals surface area contributed by atoms with Gasteiger partial charge in [-0.3, -0.25) is 0 Å². The van der Waals surface area contributed by atoms with Crippen molar-refractivity contribution in [1.82, 2.24) is 5.32 Å². The van der Waals surface area contributed by atoms with Crippen LogP contribution in [0.1, 0.15) is 39.5 Å². The topological polar surface area (TPSA) is 41.5 Å². The zero-order valence-electron chi connectivity index (χ0n) is 12.9. The molecule has 1 fully saturated rings. The van der Waals surface area contributed by atoms with Crippen molar-refractivity contribution in [2.24, 2.45) is 5.41 Å². The lowest BCUT2D eigenvalue weighted by atomic mass is 9.73. The lowest BCUT2D eigenvalue weighted by Gasteiger charge is -2.39. The maximum atomic E-state index is 10.1. The van der Waals surface area contributed by atoms with Crippen LogP contribution in [0.4, 0.5) is 0 Å². The Bertz CT molecular complexity index is 433. The smallest absolute Gasteiger partial charge is 0.119 e. The van der Waals surface area contributed by atoms with E-state index in [0.29, 0.717) is 29.6 Å². The van der Waals surface area contributed by atoms with Crippen molar-refractivity contribution >= 4 is 11.6 Å². The number of rotatable bonds is 6. The largest absolute Gasteiger partial charge is 0.491 e. The Morgan fingerprint density at radius 1 is 1.33 bits per heavy atom. The molecule has 0 aromatic heterocycles. The summed E-state index contributed by atoms with van der Waals surface area (Å²) in [5, 5.41) is 14.2. The number of aliphatic hydroxyl groups excluding tert-OH is 1. The summed E-state index contributed by atoms with van der Waals surface area (Å²) in [7, 11) is 0. The Hall–Kier alpha value is -0.770. The lowest BCUT2D eigenvalue weighted by Crippen LogP contribution is -2.47. The lowest BCUT2D eigenvalue weighted by molar-refractivity contribution is 0.0879. The van der Waals surface area contributed by atoms with E-state index < -0.39 is 6.10 Å². The fraction of sp³-hybridized carbons (Fsp3) is 0.647. The molecule has 4 heteroatoms. The monoisotopic (exact) mass is 311 g/mol. The zero-order valence-corrected chi connectivity index (χ0v) is 13.7. The second-order valence-electron chi connectivity index (χ2n) is 6.61. The van der Waals surface area contributed by atoms with Crippen LogP contribution < -0.4 is 10.1 Å². The normalized spacial score (nSPS) is 22.8. The molecule has 2 N–H and O–H groups in total. The van der Waals surface area contributed by atoms with Crippen molar-refractivity contribution in [3.8, 4) is 5.75 Å². The van der Waals surface area contributed by atoms with Crippen molar-refractivity contribution in [2.45, 2.75) is 51.7 Å². The molecule has 118 valence electrons. The van der Waals surface area contributed by atoms with Gasteiger partial charge >= 0.3 is 0 Å². The summed E-state index contributed by atoms with van der Waals surface area (Å²) < 4.78 is 5.57. The van der Waals surface area contributed by atoms with Gasteiger partial charge in [-0.05, 0) is 42.5 Å². The third kappa shape index (κ3) is 5.17. The Morgan fingerprint density at radius 2 is 2.05 bits per heavy atom. The number of hydrogen-bond donors (Lipinski definition) is 2. The number of nitrogens with one attached hydrogen (secondary N) is 1. The van der Waals surface area contributed by atoms with Crippen molar-refractivity contribution in [3.05, 3.63) is 29.3 Å². The molecule has 21 heavy (non-hydrogen) atoms. The van der Waals surface area contributed by atoms with Crippen LogP contribution in [0.25, 0.3) is 0 Å². The SMILES string of the molecule is CC1(C)CCCCC1NCC(O)COc1ccc(Cl)cc1. The number of benzene rings is 1. The highest BCUT2D eigenvalue weighted by atomic mass is 35.5. The van der Waals surface area contributed by atoms with Gasteiger partial charge in [0.1, 0.15) is 18.5 Å². The van der Waals surface area contributed by atoms with E-state index in [0.717, 1.165) is 5.75 Å². The molecule has 0 saturated heterocycles. The molecule has 1 aromatic carbocycles. The van der Waals surface area contributed by atoms with Crippen LogP contribution in [0, 0.1) is 5.41 Å². The predicted molar refractivity (Wildman–Crippen MR) is 87.0 cm³/mol. The fourth-order valence-corrected chi connectivity index (χ4v) is 3.06. The third-order valence-electron chi connectivity index (χ3n) is 4.36. The summed E-state index contributed by atoms with van der Waals surface area (Å²) in [6, 6.07) is 7.67. The minimum absolute atomic E-state index is 0.293. The number of aliphatic hydroxyl groups is 1. The van der Waals surface area contributed by atoms with E-state index in [9.17, 15) is 5.11 Å². The average Bonchev–Trinajstić information content (AvgIpc) is 2.45. The molecule has 1 aliphatic rings. The van der Waals surface area contributed by atoms with Crippen LogP contribution in [-0.2, 0) is 0 Å². The molecule has 0 aliphatic heterocycles. The van der Waals surface area contributed by atoms with Gasteiger partial charge in [0.05, 0.1) is 0 Å². The first kappa shape index (κ1) is 16.6. The van der Waals surface area contributed by atoms with Gasteiger partial charge in [-0.1, -0.05) is 38.3 Å². The van der Waals surface area contributed by atoms with E-state index in [1.165, 1.54) is 25.7 Å².